The van der Waals surface area contributed by atoms with E-state index in [0.29, 0.717) is 18.4 Å². The Morgan fingerprint density at radius 2 is 1.67 bits per heavy atom. The standard InChI is InChI=1S/C22H36N2O3/c1-22(2,3)27-21(26)23-18-5-4-6-24(13-18)20(25)12-19-16-8-14-7-15(10-16)11-17(19)9-14/h14-19H,4-13H2,1-3H3,(H,23,26)/t14?,15?,16?,17?,18-,19?/m1/s1. The average molecular weight is 377 g/mol. The fraction of sp³-hybridized carbons (Fsp3) is 0.909. The van der Waals surface area contributed by atoms with Gasteiger partial charge in [-0.25, -0.2) is 4.79 Å². The SMILES string of the molecule is CC(C)(C)OC(=O)N[C@@H]1CCCN(C(=O)CC2C3CC4CC(C3)CC2C4)C1. The Morgan fingerprint density at radius 3 is 2.26 bits per heavy atom. The first-order chi connectivity index (χ1) is 12.8. The number of carbonyl (C=O) groups excluding carboxylic acids is 2. The van der Waals surface area contributed by atoms with Crippen LogP contribution in [0.4, 0.5) is 4.79 Å². The van der Waals surface area contributed by atoms with Crippen molar-refractivity contribution >= 4 is 12.0 Å². The number of nitrogens with zero attached hydrogens (tertiary/aromatic N) is 1. The van der Waals surface area contributed by atoms with Crippen LogP contribution in [0.1, 0.15) is 72.1 Å². The molecular formula is C22H36N2O3. The van der Waals surface area contributed by atoms with Crippen molar-refractivity contribution < 1.29 is 14.3 Å². The Bertz CT molecular complexity index is 555. The minimum atomic E-state index is -0.492. The summed E-state index contributed by atoms with van der Waals surface area (Å²) in [5, 5.41) is 2.96. The van der Waals surface area contributed by atoms with Gasteiger partial charge in [-0.1, -0.05) is 0 Å². The van der Waals surface area contributed by atoms with Crippen molar-refractivity contribution in [3.8, 4) is 0 Å². The minimum Gasteiger partial charge on any atom is -0.444 e. The van der Waals surface area contributed by atoms with Crippen molar-refractivity contribution in [1.82, 2.24) is 10.2 Å². The van der Waals surface area contributed by atoms with Crippen molar-refractivity contribution in [1.29, 1.82) is 0 Å². The van der Waals surface area contributed by atoms with Gasteiger partial charge in [0, 0.05) is 25.6 Å². The Hall–Kier alpha value is -1.26. The van der Waals surface area contributed by atoms with Crippen molar-refractivity contribution in [2.24, 2.45) is 29.6 Å². The number of carbonyl (C=O) groups is 2. The Balaban J connectivity index is 1.29. The molecule has 5 fully saturated rings. The lowest BCUT2D eigenvalue weighted by atomic mass is 9.51. The number of hydrogen-bond donors (Lipinski definition) is 1. The van der Waals surface area contributed by atoms with Gasteiger partial charge in [-0.05, 0) is 95.3 Å². The lowest BCUT2D eigenvalue weighted by Gasteiger charge is -2.54. The van der Waals surface area contributed by atoms with E-state index in [1.165, 1.54) is 32.1 Å². The predicted molar refractivity (Wildman–Crippen MR) is 104 cm³/mol. The molecule has 1 saturated heterocycles. The van der Waals surface area contributed by atoms with Crippen LogP contribution in [0.2, 0.25) is 0 Å². The van der Waals surface area contributed by atoms with Gasteiger partial charge in [0.25, 0.3) is 0 Å². The Kier molecular flexibility index (Phi) is 5.15. The Labute approximate surface area is 163 Å². The zero-order chi connectivity index (χ0) is 19.2. The highest BCUT2D eigenvalue weighted by molar-refractivity contribution is 5.77. The van der Waals surface area contributed by atoms with Crippen LogP contribution < -0.4 is 5.32 Å². The predicted octanol–water partition coefficient (Wildman–Crippen LogP) is 3.96. The maximum Gasteiger partial charge on any atom is 0.407 e. The molecule has 0 aromatic heterocycles. The molecular weight excluding hydrogens is 340 g/mol. The summed E-state index contributed by atoms with van der Waals surface area (Å²) in [5.41, 5.74) is -0.492. The van der Waals surface area contributed by atoms with E-state index in [4.69, 9.17) is 4.74 Å². The normalized spacial score (nSPS) is 38.0. The number of rotatable bonds is 3. The highest BCUT2D eigenvalue weighted by Gasteiger charge is 2.48. The molecule has 5 rings (SSSR count). The zero-order valence-corrected chi connectivity index (χ0v) is 17.2. The third-order valence-corrected chi connectivity index (χ3v) is 7.33. The van der Waals surface area contributed by atoms with Crippen LogP contribution in [0, 0.1) is 29.6 Å². The second-order valence-electron chi connectivity index (χ2n) is 10.6. The molecule has 152 valence electrons. The molecule has 1 aliphatic heterocycles. The average Bonchev–Trinajstić information content (AvgIpc) is 2.55. The molecule has 0 unspecified atom stereocenters. The quantitative estimate of drug-likeness (QED) is 0.811. The number of ether oxygens (including phenoxy) is 1. The van der Waals surface area contributed by atoms with Crippen LogP contribution in [-0.4, -0.2) is 41.6 Å². The van der Waals surface area contributed by atoms with Gasteiger partial charge < -0.3 is 15.0 Å². The fourth-order valence-electron chi connectivity index (χ4n) is 6.50. The number of piperidine rings is 1. The van der Waals surface area contributed by atoms with Crippen LogP contribution in [0.15, 0.2) is 0 Å². The van der Waals surface area contributed by atoms with Gasteiger partial charge >= 0.3 is 6.09 Å². The lowest BCUT2D eigenvalue weighted by Crippen LogP contribution is -2.52. The summed E-state index contributed by atoms with van der Waals surface area (Å²) in [5.74, 6) is 4.43. The number of alkyl carbamates (subject to hydrolysis) is 1. The van der Waals surface area contributed by atoms with Crippen LogP contribution in [-0.2, 0) is 9.53 Å². The van der Waals surface area contributed by atoms with Gasteiger partial charge in [-0.2, -0.15) is 0 Å². The van der Waals surface area contributed by atoms with E-state index in [1.807, 2.05) is 25.7 Å². The van der Waals surface area contributed by atoms with Gasteiger partial charge in [0.05, 0.1) is 0 Å². The van der Waals surface area contributed by atoms with Crippen molar-refractivity contribution in [2.75, 3.05) is 13.1 Å². The van der Waals surface area contributed by atoms with E-state index in [2.05, 4.69) is 5.32 Å². The lowest BCUT2D eigenvalue weighted by molar-refractivity contribution is -0.137. The second-order valence-corrected chi connectivity index (χ2v) is 10.6. The summed E-state index contributed by atoms with van der Waals surface area (Å²) in [6.45, 7) is 7.07. The third-order valence-electron chi connectivity index (χ3n) is 7.33. The van der Waals surface area contributed by atoms with E-state index in [0.717, 1.165) is 49.5 Å². The number of likely N-dealkylation sites (tertiary alicyclic amines) is 1. The molecule has 1 N–H and O–H groups in total. The molecule has 5 heteroatoms. The molecule has 1 heterocycles. The number of amides is 2. The number of nitrogens with one attached hydrogen (secondary N) is 1. The highest BCUT2D eigenvalue weighted by atomic mass is 16.6. The molecule has 0 radical (unpaired) electrons. The van der Waals surface area contributed by atoms with E-state index in [1.54, 1.807) is 0 Å². The van der Waals surface area contributed by atoms with Gasteiger partial charge in [0.1, 0.15) is 5.60 Å². The monoisotopic (exact) mass is 376 g/mol. The zero-order valence-electron chi connectivity index (χ0n) is 17.2. The van der Waals surface area contributed by atoms with Crippen molar-refractivity contribution in [3.63, 3.8) is 0 Å². The molecule has 4 bridgehead atoms. The molecule has 27 heavy (non-hydrogen) atoms. The molecule has 4 saturated carbocycles. The first kappa shape index (κ1) is 19.1. The maximum atomic E-state index is 13.0. The molecule has 5 nitrogen and oxygen atoms in total. The first-order valence-corrected chi connectivity index (χ1v) is 11.0. The van der Waals surface area contributed by atoms with Gasteiger partial charge in [-0.15, -0.1) is 0 Å². The van der Waals surface area contributed by atoms with E-state index >= 15 is 0 Å². The summed E-state index contributed by atoms with van der Waals surface area (Å²) in [7, 11) is 0. The molecule has 0 spiro atoms. The van der Waals surface area contributed by atoms with Crippen LogP contribution in [0.3, 0.4) is 0 Å². The molecule has 1 atom stereocenters. The molecule has 5 aliphatic rings. The van der Waals surface area contributed by atoms with Crippen LogP contribution in [0.25, 0.3) is 0 Å². The fourth-order valence-corrected chi connectivity index (χ4v) is 6.50. The summed E-state index contributed by atoms with van der Waals surface area (Å²) in [6.07, 6.45) is 9.16. The summed E-state index contributed by atoms with van der Waals surface area (Å²) >= 11 is 0. The van der Waals surface area contributed by atoms with Gasteiger partial charge in [-0.3, -0.25) is 4.79 Å². The third kappa shape index (κ3) is 4.43. The van der Waals surface area contributed by atoms with Crippen LogP contribution >= 0.6 is 0 Å². The summed E-state index contributed by atoms with van der Waals surface area (Å²) in [4.78, 5) is 27.1. The maximum absolute atomic E-state index is 13.0. The van der Waals surface area contributed by atoms with Crippen LogP contribution in [0.5, 0.6) is 0 Å². The molecule has 4 aliphatic carbocycles. The topological polar surface area (TPSA) is 58.6 Å². The molecule has 2 amide bonds. The van der Waals surface area contributed by atoms with Crippen molar-refractivity contribution in [2.45, 2.75) is 83.8 Å². The highest BCUT2D eigenvalue weighted by Crippen LogP contribution is 2.57. The van der Waals surface area contributed by atoms with E-state index in [-0.39, 0.29) is 12.1 Å². The largest absolute Gasteiger partial charge is 0.444 e. The molecule has 0 aromatic carbocycles. The van der Waals surface area contributed by atoms with Gasteiger partial charge in [0.2, 0.25) is 5.91 Å². The Morgan fingerprint density at radius 1 is 1.04 bits per heavy atom. The smallest absolute Gasteiger partial charge is 0.407 e. The van der Waals surface area contributed by atoms with Gasteiger partial charge in [0.15, 0.2) is 0 Å². The first-order valence-electron chi connectivity index (χ1n) is 11.0. The second kappa shape index (κ2) is 7.29. The minimum absolute atomic E-state index is 0.0102. The van der Waals surface area contributed by atoms with Crippen molar-refractivity contribution in [3.05, 3.63) is 0 Å². The van der Waals surface area contributed by atoms with E-state index in [9.17, 15) is 9.59 Å². The number of hydrogen-bond acceptors (Lipinski definition) is 3. The van der Waals surface area contributed by atoms with E-state index < -0.39 is 5.60 Å². The summed E-state index contributed by atoms with van der Waals surface area (Å²) in [6, 6.07) is 0.0102. The summed E-state index contributed by atoms with van der Waals surface area (Å²) < 4.78 is 5.37. The molecule has 0 aromatic rings.